The molecule has 3 aromatic carbocycles. The van der Waals surface area contributed by atoms with Crippen LogP contribution in [0.2, 0.25) is 0 Å². The zero-order valence-corrected chi connectivity index (χ0v) is 16.0. The van der Waals surface area contributed by atoms with Gasteiger partial charge in [-0.15, -0.1) is 0 Å². The fourth-order valence-electron chi connectivity index (χ4n) is 2.72. The van der Waals surface area contributed by atoms with E-state index in [0.717, 1.165) is 0 Å². The van der Waals surface area contributed by atoms with Gasteiger partial charge in [0.2, 0.25) is 5.91 Å². The molecule has 0 saturated carbocycles. The molecule has 3 aromatic rings. The van der Waals surface area contributed by atoms with E-state index in [9.17, 15) is 18.8 Å². The molecule has 3 rings (SSSR count). The Hall–Kier alpha value is -4.00. The Morgan fingerprint density at radius 3 is 1.97 bits per heavy atom. The molecule has 0 unspecified atom stereocenters. The maximum atomic E-state index is 12.9. The number of nitrogens with one attached hydrogen (secondary N) is 3. The first-order valence-electron chi connectivity index (χ1n) is 9.31. The van der Waals surface area contributed by atoms with Gasteiger partial charge in [0, 0.05) is 35.5 Å². The molecule has 6 nitrogen and oxygen atoms in total. The molecule has 0 saturated heterocycles. The minimum atomic E-state index is -0.421. The summed E-state index contributed by atoms with van der Waals surface area (Å²) in [5.41, 5.74) is 2.01. The van der Waals surface area contributed by atoms with Crippen molar-refractivity contribution in [3.8, 4) is 0 Å². The molecule has 152 valence electrons. The predicted octanol–water partition coefficient (Wildman–Crippen LogP) is 5.07. The number of ketones is 1. The largest absolute Gasteiger partial charge is 0.326 e. The second-order valence-corrected chi connectivity index (χ2v) is 6.50. The van der Waals surface area contributed by atoms with Crippen molar-refractivity contribution in [2.75, 3.05) is 16.0 Å². The zero-order valence-electron chi connectivity index (χ0n) is 16.0. The minimum Gasteiger partial charge on any atom is -0.326 e. The monoisotopic (exact) mass is 405 g/mol. The van der Waals surface area contributed by atoms with Crippen molar-refractivity contribution < 1.29 is 18.8 Å². The van der Waals surface area contributed by atoms with Crippen LogP contribution in [0.4, 0.5) is 26.2 Å². The summed E-state index contributed by atoms with van der Waals surface area (Å²) in [7, 11) is 0. The van der Waals surface area contributed by atoms with Crippen molar-refractivity contribution in [2.24, 2.45) is 0 Å². The Kier molecular flexibility index (Phi) is 6.89. The number of benzene rings is 3. The molecule has 0 heterocycles. The second-order valence-electron chi connectivity index (χ2n) is 6.50. The number of para-hydroxylation sites is 1. The Balaban J connectivity index is 1.50. The quantitative estimate of drug-likeness (QED) is 0.480. The van der Waals surface area contributed by atoms with Crippen molar-refractivity contribution in [3.05, 3.63) is 90.2 Å². The van der Waals surface area contributed by atoms with Crippen LogP contribution < -0.4 is 16.0 Å². The molecule has 7 heteroatoms. The molecule has 3 N–H and O–H groups in total. The summed E-state index contributed by atoms with van der Waals surface area (Å²) in [4.78, 5) is 36.3. The second kappa shape index (κ2) is 9.97. The van der Waals surface area contributed by atoms with E-state index in [1.807, 2.05) is 18.2 Å². The molecule has 0 aromatic heterocycles. The lowest BCUT2D eigenvalue weighted by atomic mass is 10.1. The normalized spacial score (nSPS) is 10.2. The van der Waals surface area contributed by atoms with Crippen LogP contribution in [0.1, 0.15) is 23.2 Å². The fourth-order valence-corrected chi connectivity index (χ4v) is 2.72. The van der Waals surface area contributed by atoms with Gasteiger partial charge in [-0.2, -0.15) is 0 Å². The van der Waals surface area contributed by atoms with Crippen molar-refractivity contribution in [1.29, 1.82) is 0 Å². The van der Waals surface area contributed by atoms with Gasteiger partial charge < -0.3 is 16.0 Å². The van der Waals surface area contributed by atoms with E-state index < -0.39 is 11.8 Å². The number of urea groups is 1. The summed E-state index contributed by atoms with van der Waals surface area (Å²) in [6.45, 7) is 0. The lowest BCUT2D eigenvalue weighted by molar-refractivity contribution is -0.116. The summed E-state index contributed by atoms with van der Waals surface area (Å²) in [5.74, 6) is -0.996. The molecule has 0 aliphatic heterocycles. The maximum Gasteiger partial charge on any atom is 0.323 e. The zero-order chi connectivity index (χ0) is 21.3. The first-order valence-corrected chi connectivity index (χ1v) is 9.31. The van der Waals surface area contributed by atoms with Gasteiger partial charge in [0.05, 0.1) is 0 Å². The third-order valence-corrected chi connectivity index (χ3v) is 4.18. The standard InChI is InChI=1S/C23H20FN3O3/c24-17-11-9-16(10-12-17)21(28)13-14-22(29)25-19-7-4-8-20(15-19)27-23(30)26-18-5-2-1-3-6-18/h1-12,15H,13-14H2,(H,25,29)(H2,26,27,30). The van der Waals surface area contributed by atoms with Gasteiger partial charge in [-0.3, -0.25) is 9.59 Å². The van der Waals surface area contributed by atoms with Crippen LogP contribution in [0.3, 0.4) is 0 Å². The van der Waals surface area contributed by atoms with E-state index in [0.29, 0.717) is 22.6 Å². The lowest BCUT2D eigenvalue weighted by Gasteiger charge is -2.10. The first-order chi connectivity index (χ1) is 14.5. The Morgan fingerprint density at radius 1 is 0.667 bits per heavy atom. The third kappa shape index (κ3) is 6.27. The van der Waals surface area contributed by atoms with Crippen molar-refractivity contribution in [3.63, 3.8) is 0 Å². The van der Waals surface area contributed by atoms with Crippen molar-refractivity contribution in [1.82, 2.24) is 0 Å². The first kappa shape index (κ1) is 20.7. The third-order valence-electron chi connectivity index (χ3n) is 4.18. The SMILES string of the molecule is O=C(CCC(=O)c1ccc(F)cc1)Nc1cccc(NC(=O)Nc2ccccc2)c1. The fraction of sp³-hybridized carbons (Fsp3) is 0.0870. The smallest absolute Gasteiger partial charge is 0.323 e. The van der Waals surface area contributed by atoms with Crippen LogP contribution in [0.15, 0.2) is 78.9 Å². The number of hydrogen-bond donors (Lipinski definition) is 3. The number of anilines is 3. The van der Waals surface area contributed by atoms with Gasteiger partial charge in [0.15, 0.2) is 5.78 Å². The minimum absolute atomic E-state index is 0.00882. The highest BCUT2D eigenvalue weighted by Gasteiger charge is 2.10. The lowest BCUT2D eigenvalue weighted by Crippen LogP contribution is -2.19. The molecule has 0 spiro atoms. The molecule has 0 radical (unpaired) electrons. The number of amides is 3. The van der Waals surface area contributed by atoms with E-state index in [-0.39, 0.29) is 24.5 Å². The van der Waals surface area contributed by atoms with Crippen molar-refractivity contribution >= 4 is 34.8 Å². The summed E-state index contributed by atoms with van der Waals surface area (Å²) in [6, 6.07) is 20.5. The predicted molar refractivity (Wildman–Crippen MR) is 114 cm³/mol. The molecule has 0 aliphatic carbocycles. The molecule has 0 fully saturated rings. The Morgan fingerprint density at radius 2 is 1.27 bits per heavy atom. The maximum absolute atomic E-state index is 12.9. The highest BCUT2D eigenvalue weighted by molar-refractivity contribution is 6.01. The van der Waals surface area contributed by atoms with E-state index >= 15 is 0 Å². The molecule has 3 amide bonds. The average Bonchev–Trinajstić information content (AvgIpc) is 2.73. The highest BCUT2D eigenvalue weighted by atomic mass is 19.1. The molecular formula is C23H20FN3O3. The van der Waals surface area contributed by atoms with Gasteiger partial charge in [-0.25, -0.2) is 9.18 Å². The van der Waals surface area contributed by atoms with Gasteiger partial charge in [0.25, 0.3) is 0 Å². The van der Waals surface area contributed by atoms with Gasteiger partial charge >= 0.3 is 6.03 Å². The van der Waals surface area contributed by atoms with Crippen LogP contribution in [0, 0.1) is 5.82 Å². The highest BCUT2D eigenvalue weighted by Crippen LogP contribution is 2.17. The van der Waals surface area contributed by atoms with E-state index in [4.69, 9.17) is 0 Å². The van der Waals surface area contributed by atoms with Crippen LogP contribution >= 0.6 is 0 Å². The van der Waals surface area contributed by atoms with Gasteiger partial charge in [-0.1, -0.05) is 24.3 Å². The van der Waals surface area contributed by atoms with E-state index in [1.165, 1.54) is 24.3 Å². The van der Waals surface area contributed by atoms with Gasteiger partial charge in [-0.05, 0) is 54.6 Å². The van der Waals surface area contributed by atoms with Crippen LogP contribution in [0.5, 0.6) is 0 Å². The Labute approximate surface area is 173 Å². The van der Waals surface area contributed by atoms with Crippen LogP contribution in [-0.2, 0) is 4.79 Å². The number of carbonyl (C=O) groups is 3. The molecule has 30 heavy (non-hydrogen) atoms. The summed E-state index contributed by atoms with van der Waals surface area (Å²) in [5, 5.41) is 8.10. The number of Topliss-reactive ketones (excluding diaryl/α,β-unsaturated/α-hetero) is 1. The summed E-state index contributed by atoms with van der Waals surface area (Å²) in [6.07, 6.45) is -0.00273. The van der Waals surface area contributed by atoms with E-state index in [2.05, 4.69) is 16.0 Å². The molecule has 0 aliphatic rings. The summed E-state index contributed by atoms with van der Waals surface area (Å²) >= 11 is 0. The number of carbonyl (C=O) groups excluding carboxylic acids is 3. The van der Waals surface area contributed by atoms with Gasteiger partial charge in [0.1, 0.15) is 5.82 Å². The van der Waals surface area contributed by atoms with Crippen molar-refractivity contribution in [2.45, 2.75) is 12.8 Å². The van der Waals surface area contributed by atoms with E-state index in [1.54, 1.807) is 36.4 Å². The number of halogens is 1. The number of rotatable bonds is 7. The molecular weight excluding hydrogens is 385 g/mol. The average molecular weight is 405 g/mol. The topological polar surface area (TPSA) is 87.3 Å². The van der Waals surface area contributed by atoms with Crippen LogP contribution in [0.25, 0.3) is 0 Å². The Bertz CT molecular complexity index is 1040. The number of hydrogen-bond acceptors (Lipinski definition) is 3. The summed E-state index contributed by atoms with van der Waals surface area (Å²) < 4.78 is 12.9. The van der Waals surface area contributed by atoms with Crippen LogP contribution in [-0.4, -0.2) is 17.7 Å². The molecule has 0 bridgehead atoms. The molecule has 0 atom stereocenters.